The van der Waals surface area contributed by atoms with E-state index in [1.807, 2.05) is 0 Å². The number of hydrogen-bond donors (Lipinski definition) is 0. The van der Waals surface area contributed by atoms with E-state index in [1.165, 1.54) is 37.3 Å². The third kappa shape index (κ3) is 4.50. The number of benzene rings is 2. The van der Waals surface area contributed by atoms with Crippen molar-refractivity contribution in [2.24, 2.45) is 0 Å². The van der Waals surface area contributed by atoms with E-state index >= 15 is 0 Å². The molecular weight excluding hydrogens is 319 g/mol. The fraction of sp³-hybridized carbons (Fsp3) is 0.278. The van der Waals surface area contributed by atoms with E-state index in [-0.39, 0.29) is 24.4 Å². The predicted octanol–water partition coefficient (Wildman–Crippen LogP) is 3.92. The van der Waals surface area contributed by atoms with Crippen LogP contribution in [0.15, 0.2) is 48.5 Å². The molecule has 0 saturated carbocycles. The number of nitrogens with zero attached hydrogens (tertiary/aromatic N) is 1. The van der Waals surface area contributed by atoms with Crippen molar-refractivity contribution in [3.8, 4) is 5.75 Å². The van der Waals surface area contributed by atoms with Crippen LogP contribution in [0.4, 0.5) is 13.2 Å². The topological polar surface area (TPSA) is 29.5 Å². The number of methoxy groups -OCH3 is 1. The Hall–Kier alpha value is -2.50. The second kappa shape index (κ2) is 7.38. The zero-order valence-corrected chi connectivity index (χ0v) is 13.4. The Morgan fingerprint density at radius 3 is 2.50 bits per heavy atom. The summed E-state index contributed by atoms with van der Waals surface area (Å²) < 4.78 is 44.1. The first-order valence-corrected chi connectivity index (χ1v) is 7.33. The maximum atomic E-state index is 13.0. The molecule has 2 aromatic rings. The summed E-state index contributed by atoms with van der Waals surface area (Å²) in [4.78, 5) is 13.6. The summed E-state index contributed by atoms with van der Waals surface area (Å²) in [5, 5.41) is 0. The number of halogens is 3. The quantitative estimate of drug-likeness (QED) is 0.828. The molecule has 0 aliphatic carbocycles. The zero-order valence-electron chi connectivity index (χ0n) is 13.4. The Morgan fingerprint density at radius 2 is 1.83 bits per heavy atom. The van der Waals surface area contributed by atoms with Crippen LogP contribution in [0.2, 0.25) is 0 Å². The molecule has 0 radical (unpaired) electrons. The summed E-state index contributed by atoms with van der Waals surface area (Å²) in [6.45, 7) is -0.0987. The summed E-state index contributed by atoms with van der Waals surface area (Å²) in [5.74, 6) is 0.366. The van der Waals surface area contributed by atoms with Crippen LogP contribution in [-0.2, 0) is 23.9 Å². The molecule has 24 heavy (non-hydrogen) atoms. The zero-order chi connectivity index (χ0) is 17.7. The van der Waals surface area contributed by atoms with E-state index in [1.54, 1.807) is 24.3 Å². The van der Waals surface area contributed by atoms with E-state index in [9.17, 15) is 18.0 Å². The van der Waals surface area contributed by atoms with Gasteiger partial charge in [0.2, 0.25) is 5.91 Å². The van der Waals surface area contributed by atoms with Crippen molar-refractivity contribution in [2.45, 2.75) is 19.1 Å². The molecule has 128 valence electrons. The number of likely N-dealkylation sites (N-methyl/N-ethyl adjacent to an activating group) is 1. The van der Waals surface area contributed by atoms with Crippen molar-refractivity contribution in [1.29, 1.82) is 0 Å². The molecule has 1 amide bonds. The van der Waals surface area contributed by atoms with Crippen LogP contribution in [0.3, 0.4) is 0 Å². The maximum Gasteiger partial charge on any atom is 0.416 e. The third-order valence-corrected chi connectivity index (χ3v) is 3.65. The second-order valence-corrected chi connectivity index (χ2v) is 5.43. The van der Waals surface area contributed by atoms with Crippen LogP contribution in [0.1, 0.15) is 16.7 Å². The van der Waals surface area contributed by atoms with Crippen molar-refractivity contribution < 1.29 is 22.7 Å². The van der Waals surface area contributed by atoms with E-state index in [0.29, 0.717) is 5.75 Å². The van der Waals surface area contributed by atoms with Gasteiger partial charge in [-0.2, -0.15) is 13.2 Å². The summed E-state index contributed by atoms with van der Waals surface area (Å²) in [6.07, 6.45) is -4.34. The number of hydrogen-bond acceptors (Lipinski definition) is 2. The van der Waals surface area contributed by atoms with E-state index < -0.39 is 11.7 Å². The first-order chi connectivity index (χ1) is 11.3. The lowest BCUT2D eigenvalue weighted by Gasteiger charge is -2.20. The second-order valence-electron chi connectivity index (χ2n) is 5.43. The van der Waals surface area contributed by atoms with Crippen LogP contribution >= 0.6 is 0 Å². The molecule has 6 heteroatoms. The lowest BCUT2D eigenvalue weighted by Crippen LogP contribution is -2.28. The number of ether oxygens (including phenoxy) is 1. The molecule has 0 aliphatic rings. The van der Waals surface area contributed by atoms with Gasteiger partial charge in [-0.15, -0.1) is 0 Å². The van der Waals surface area contributed by atoms with Crippen LogP contribution in [0, 0.1) is 0 Å². The number of amides is 1. The predicted molar refractivity (Wildman–Crippen MR) is 84.6 cm³/mol. The molecule has 0 bridgehead atoms. The smallest absolute Gasteiger partial charge is 0.416 e. The lowest BCUT2D eigenvalue weighted by molar-refractivity contribution is -0.139. The molecule has 0 heterocycles. The lowest BCUT2D eigenvalue weighted by atomic mass is 10.1. The highest BCUT2D eigenvalue weighted by Crippen LogP contribution is 2.32. The standard InChI is InChI=1S/C18H18F3NO2/c1-22(12-14-7-3-4-9-16(14)18(19,20)21)17(23)11-13-6-5-8-15(10-13)24-2/h3-10H,11-12H2,1-2H3. The highest BCUT2D eigenvalue weighted by molar-refractivity contribution is 5.78. The minimum atomic E-state index is -4.44. The van der Waals surface area contributed by atoms with Gasteiger partial charge in [0.05, 0.1) is 19.1 Å². The van der Waals surface area contributed by atoms with Crippen molar-refractivity contribution in [2.75, 3.05) is 14.2 Å². The van der Waals surface area contributed by atoms with Crippen molar-refractivity contribution in [3.05, 3.63) is 65.2 Å². The number of carbonyl (C=O) groups is 1. The number of rotatable bonds is 5. The largest absolute Gasteiger partial charge is 0.497 e. The normalized spacial score (nSPS) is 11.2. The Bertz CT molecular complexity index is 713. The van der Waals surface area contributed by atoms with Gasteiger partial charge in [0.25, 0.3) is 0 Å². The van der Waals surface area contributed by atoms with Crippen molar-refractivity contribution >= 4 is 5.91 Å². The molecular formula is C18H18F3NO2. The molecule has 0 atom stereocenters. The van der Waals surface area contributed by atoms with Gasteiger partial charge in [0.1, 0.15) is 5.75 Å². The average Bonchev–Trinajstić information content (AvgIpc) is 2.54. The highest BCUT2D eigenvalue weighted by Gasteiger charge is 2.33. The van der Waals surface area contributed by atoms with Crippen LogP contribution in [0.25, 0.3) is 0 Å². The van der Waals surface area contributed by atoms with Gasteiger partial charge in [0, 0.05) is 13.6 Å². The highest BCUT2D eigenvalue weighted by atomic mass is 19.4. The molecule has 2 aromatic carbocycles. The minimum Gasteiger partial charge on any atom is -0.497 e. The molecule has 0 aromatic heterocycles. The van der Waals surface area contributed by atoms with E-state index in [0.717, 1.165) is 11.6 Å². The van der Waals surface area contributed by atoms with Crippen molar-refractivity contribution in [1.82, 2.24) is 4.90 Å². The SMILES string of the molecule is COc1cccc(CC(=O)N(C)Cc2ccccc2C(F)(F)F)c1. The van der Waals surface area contributed by atoms with Gasteiger partial charge < -0.3 is 9.64 Å². The van der Waals surface area contributed by atoms with E-state index in [2.05, 4.69) is 0 Å². The summed E-state index contributed by atoms with van der Waals surface area (Å²) in [5.41, 5.74) is 0.104. The van der Waals surface area contributed by atoms with E-state index in [4.69, 9.17) is 4.74 Å². The average molecular weight is 337 g/mol. The third-order valence-electron chi connectivity index (χ3n) is 3.65. The summed E-state index contributed by atoms with van der Waals surface area (Å²) in [7, 11) is 3.02. The molecule has 0 N–H and O–H groups in total. The number of carbonyl (C=O) groups excluding carboxylic acids is 1. The van der Waals surface area contributed by atoms with Gasteiger partial charge in [-0.1, -0.05) is 30.3 Å². The Labute approximate surface area is 138 Å². The molecule has 0 aliphatic heterocycles. The molecule has 0 saturated heterocycles. The van der Waals surface area contributed by atoms with Gasteiger partial charge in [0.15, 0.2) is 0 Å². The van der Waals surface area contributed by atoms with Crippen LogP contribution < -0.4 is 4.74 Å². The molecule has 0 spiro atoms. The van der Waals surface area contributed by atoms with Gasteiger partial charge >= 0.3 is 6.18 Å². The molecule has 0 unspecified atom stereocenters. The molecule has 0 fully saturated rings. The molecule has 3 nitrogen and oxygen atoms in total. The van der Waals surface area contributed by atoms with Crippen molar-refractivity contribution in [3.63, 3.8) is 0 Å². The fourth-order valence-corrected chi connectivity index (χ4v) is 2.37. The van der Waals surface area contributed by atoms with Crippen LogP contribution in [-0.4, -0.2) is 25.0 Å². The van der Waals surface area contributed by atoms with Gasteiger partial charge in [-0.05, 0) is 29.3 Å². The maximum absolute atomic E-state index is 13.0. The Balaban J connectivity index is 2.09. The monoisotopic (exact) mass is 337 g/mol. The first kappa shape index (κ1) is 17.8. The molecule has 2 rings (SSSR count). The Morgan fingerprint density at radius 1 is 1.12 bits per heavy atom. The van der Waals surface area contributed by atoms with Crippen LogP contribution in [0.5, 0.6) is 5.75 Å². The number of alkyl halides is 3. The van der Waals surface area contributed by atoms with Gasteiger partial charge in [-0.25, -0.2) is 0 Å². The first-order valence-electron chi connectivity index (χ1n) is 7.33. The van der Waals surface area contributed by atoms with Gasteiger partial charge in [-0.3, -0.25) is 4.79 Å². The Kier molecular flexibility index (Phi) is 5.49. The fourth-order valence-electron chi connectivity index (χ4n) is 2.37. The summed E-state index contributed by atoms with van der Waals surface area (Å²) >= 11 is 0. The summed E-state index contributed by atoms with van der Waals surface area (Å²) in [6, 6.07) is 12.3. The minimum absolute atomic E-state index is 0.0755.